The van der Waals surface area contributed by atoms with Gasteiger partial charge in [-0.05, 0) is 31.0 Å². The van der Waals surface area contributed by atoms with Gasteiger partial charge in [0.15, 0.2) is 0 Å². The molecule has 2 saturated heterocycles. The van der Waals surface area contributed by atoms with Crippen LogP contribution in [0.5, 0.6) is 5.75 Å². The molecule has 0 saturated carbocycles. The van der Waals surface area contributed by atoms with Crippen molar-refractivity contribution in [1.82, 2.24) is 4.90 Å². The fourth-order valence-corrected chi connectivity index (χ4v) is 4.50. The molecule has 0 N–H and O–H groups in total. The highest BCUT2D eigenvalue weighted by atomic mass is 19.1. The van der Waals surface area contributed by atoms with E-state index in [0.29, 0.717) is 25.4 Å². The van der Waals surface area contributed by atoms with E-state index in [9.17, 15) is 24.1 Å². The lowest BCUT2D eigenvalue weighted by atomic mass is 10.1. The van der Waals surface area contributed by atoms with Crippen LogP contribution in [0, 0.1) is 21.8 Å². The minimum Gasteiger partial charge on any atom is -0.496 e. The van der Waals surface area contributed by atoms with Crippen LogP contribution in [0.15, 0.2) is 42.5 Å². The highest BCUT2D eigenvalue weighted by Crippen LogP contribution is 2.31. The first-order valence-electron chi connectivity index (χ1n) is 11.1. The molecule has 2 unspecified atom stereocenters. The summed E-state index contributed by atoms with van der Waals surface area (Å²) in [6.07, 6.45) is 1.68. The van der Waals surface area contributed by atoms with E-state index < -0.39 is 22.3 Å². The van der Waals surface area contributed by atoms with Crippen molar-refractivity contribution in [2.75, 3.05) is 31.7 Å². The molecule has 0 spiro atoms. The second-order valence-corrected chi connectivity index (χ2v) is 8.46. The van der Waals surface area contributed by atoms with Crippen LogP contribution in [0.4, 0.5) is 15.8 Å². The summed E-state index contributed by atoms with van der Waals surface area (Å²) >= 11 is 0. The lowest BCUT2D eigenvalue weighted by molar-refractivity contribution is -0.387. The summed E-state index contributed by atoms with van der Waals surface area (Å²) in [5, 5.41) is 11.1. The highest BCUT2D eigenvalue weighted by Gasteiger charge is 2.38. The largest absolute Gasteiger partial charge is 0.496 e. The molecule has 2 fully saturated rings. The maximum Gasteiger partial charge on any atom is 0.306 e. The van der Waals surface area contributed by atoms with Crippen molar-refractivity contribution in [3.63, 3.8) is 0 Å². The number of carbonyl (C=O) groups excluding carboxylic acids is 2. The topological polar surface area (TPSA) is 102 Å². The van der Waals surface area contributed by atoms with Gasteiger partial charge in [0.05, 0.1) is 29.7 Å². The number of nitro groups is 1. The van der Waals surface area contributed by atoms with E-state index in [-0.39, 0.29) is 36.6 Å². The van der Waals surface area contributed by atoms with Crippen LogP contribution >= 0.6 is 0 Å². The summed E-state index contributed by atoms with van der Waals surface area (Å²) < 4.78 is 24.9. The first kappa shape index (κ1) is 23.6. The van der Waals surface area contributed by atoms with Crippen LogP contribution in [-0.4, -0.2) is 54.5 Å². The monoisotopic (exact) mass is 471 g/mol. The van der Waals surface area contributed by atoms with Crippen molar-refractivity contribution in [1.29, 1.82) is 0 Å². The number of ether oxygens (including phenoxy) is 2. The number of nitrogens with zero attached hydrogens (tertiary/aromatic N) is 3. The van der Waals surface area contributed by atoms with Crippen LogP contribution in [0.25, 0.3) is 0 Å². The minimum atomic E-state index is -0.979. The number of hydrogen-bond acceptors (Lipinski definition) is 6. The zero-order valence-electron chi connectivity index (χ0n) is 18.8. The van der Waals surface area contributed by atoms with Gasteiger partial charge in [-0.25, -0.2) is 0 Å². The third-order valence-electron chi connectivity index (χ3n) is 6.23. The van der Waals surface area contributed by atoms with E-state index in [0.717, 1.165) is 30.5 Å². The molecule has 0 aliphatic carbocycles. The molecule has 0 radical (unpaired) electrons. The highest BCUT2D eigenvalue weighted by molar-refractivity contribution is 6.00. The van der Waals surface area contributed by atoms with Gasteiger partial charge < -0.3 is 19.3 Å². The zero-order chi connectivity index (χ0) is 24.2. The van der Waals surface area contributed by atoms with Gasteiger partial charge >= 0.3 is 5.69 Å². The SMILES string of the molecule is COc1ccccc1CN(CC1CCCO1)C(=O)C1CC(=O)N(c2ccc(F)c([N+](=O)[O-])c2)C1. The molecule has 2 aliphatic rings. The van der Waals surface area contributed by atoms with E-state index in [4.69, 9.17) is 9.47 Å². The molecule has 0 bridgehead atoms. The van der Waals surface area contributed by atoms with Gasteiger partial charge in [-0.15, -0.1) is 0 Å². The van der Waals surface area contributed by atoms with Crippen LogP contribution in [-0.2, 0) is 20.9 Å². The number of amides is 2. The predicted molar refractivity (Wildman–Crippen MR) is 121 cm³/mol. The van der Waals surface area contributed by atoms with E-state index >= 15 is 0 Å². The third kappa shape index (κ3) is 5.01. The molecule has 180 valence electrons. The Balaban J connectivity index is 1.54. The maximum atomic E-state index is 13.7. The number of anilines is 1. The van der Waals surface area contributed by atoms with Crippen molar-refractivity contribution in [2.45, 2.75) is 31.9 Å². The molecule has 2 aromatic rings. The summed E-state index contributed by atoms with van der Waals surface area (Å²) in [7, 11) is 1.57. The molecule has 2 heterocycles. The number of nitro benzene ring substituents is 1. The average molecular weight is 471 g/mol. The first-order chi connectivity index (χ1) is 16.4. The minimum absolute atomic E-state index is 0.0298. The molecule has 2 amide bonds. The quantitative estimate of drug-likeness (QED) is 0.432. The van der Waals surface area contributed by atoms with Gasteiger partial charge in [0.1, 0.15) is 5.75 Å². The van der Waals surface area contributed by atoms with Gasteiger partial charge in [-0.1, -0.05) is 18.2 Å². The van der Waals surface area contributed by atoms with Crippen molar-refractivity contribution >= 4 is 23.2 Å². The summed E-state index contributed by atoms with van der Waals surface area (Å²) in [6, 6.07) is 10.7. The molecule has 2 aromatic carbocycles. The molecule has 0 aromatic heterocycles. The van der Waals surface area contributed by atoms with Crippen LogP contribution < -0.4 is 9.64 Å². The number of benzene rings is 2. The van der Waals surface area contributed by atoms with E-state index in [1.54, 1.807) is 12.0 Å². The maximum absolute atomic E-state index is 13.7. The molecule has 2 atom stereocenters. The summed E-state index contributed by atoms with van der Waals surface area (Å²) in [4.78, 5) is 39.6. The summed E-state index contributed by atoms with van der Waals surface area (Å²) in [6.45, 7) is 1.41. The molecule has 4 rings (SSSR count). The number of halogens is 1. The fraction of sp³-hybridized carbons (Fsp3) is 0.417. The normalized spacial score (nSPS) is 19.9. The van der Waals surface area contributed by atoms with Crippen molar-refractivity contribution in [3.05, 3.63) is 64.0 Å². The average Bonchev–Trinajstić information content (AvgIpc) is 3.48. The van der Waals surface area contributed by atoms with Gasteiger partial charge in [0.25, 0.3) is 0 Å². The first-order valence-corrected chi connectivity index (χ1v) is 11.1. The number of carbonyl (C=O) groups is 2. The Labute approximate surface area is 196 Å². The fourth-order valence-electron chi connectivity index (χ4n) is 4.50. The Morgan fingerprint density at radius 2 is 2.12 bits per heavy atom. The lowest BCUT2D eigenvalue weighted by Gasteiger charge is -2.28. The van der Waals surface area contributed by atoms with Gasteiger partial charge in [-0.2, -0.15) is 4.39 Å². The molecule has 34 heavy (non-hydrogen) atoms. The van der Waals surface area contributed by atoms with Crippen molar-refractivity contribution < 1.29 is 28.4 Å². The van der Waals surface area contributed by atoms with Crippen LogP contribution in [0.1, 0.15) is 24.8 Å². The van der Waals surface area contributed by atoms with Gasteiger partial charge in [0.2, 0.25) is 17.6 Å². The van der Waals surface area contributed by atoms with Crippen molar-refractivity contribution in [2.24, 2.45) is 5.92 Å². The second kappa shape index (κ2) is 10.2. The van der Waals surface area contributed by atoms with Gasteiger partial charge in [-0.3, -0.25) is 19.7 Å². The lowest BCUT2D eigenvalue weighted by Crippen LogP contribution is -2.41. The van der Waals surface area contributed by atoms with E-state index in [1.165, 1.54) is 11.0 Å². The molecular weight excluding hydrogens is 445 g/mol. The van der Waals surface area contributed by atoms with Crippen LogP contribution in [0.2, 0.25) is 0 Å². The Bertz CT molecular complexity index is 1090. The summed E-state index contributed by atoms with van der Waals surface area (Å²) in [5.74, 6) is -1.49. The van der Waals surface area contributed by atoms with Crippen LogP contribution in [0.3, 0.4) is 0 Å². The van der Waals surface area contributed by atoms with Crippen molar-refractivity contribution in [3.8, 4) is 5.75 Å². The zero-order valence-corrected chi connectivity index (χ0v) is 18.8. The number of hydrogen-bond donors (Lipinski definition) is 0. The Kier molecular flexibility index (Phi) is 7.06. The Hall–Kier alpha value is -3.53. The number of rotatable bonds is 8. The van der Waals surface area contributed by atoms with E-state index in [1.807, 2.05) is 24.3 Å². The smallest absolute Gasteiger partial charge is 0.306 e. The third-order valence-corrected chi connectivity index (χ3v) is 6.23. The Morgan fingerprint density at radius 1 is 1.32 bits per heavy atom. The number of para-hydroxylation sites is 1. The second-order valence-electron chi connectivity index (χ2n) is 8.46. The summed E-state index contributed by atoms with van der Waals surface area (Å²) in [5.41, 5.74) is 0.326. The van der Waals surface area contributed by atoms with E-state index in [2.05, 4.69) is 0 Å². The number of methoxy groups -OCH3 is 1. The molecule has 9 nitrogen and oxygen atoms in total. The molecule has 10 heteroatoms. The van der Waals surface area contributed by atoms with Gasteiger partial charge in [0, 0.05) is 44.3 Å². The standard InChI is InChI=1S/C24H26FN3O6/c1-33-22-7-3-2-5-16(22)13-26(15-19-6-4-10-34-19)24(30)17-11-23(29)27(14-17)18-8-9-20(25)21(12-18)28(31)32/h2-3,5,7-9,12,17,19H,4,6,10-11,13-15H2,1H3. The molecular formula is C24H26FN3O6. The Morgan fingerprint density at radius 3 is 2.82 bits per heavy atom. The molecule has 2 aliphatic heterocycles. The predicted octanol–water partition coefficient (Wildman–Crippen LogP) is 3.30.